The van der Waals surface area contributed by atoms with E-state index < -0.39 is 32.9 Å². The van der Waals surface area contributed by atoms with E-state index in [1.54, 1.807) is 4.57 Å². The molecule has 1 saturated heterocycles. The number of phosphoric acid groups is 1. The predicted octanol–water partition coefficient (Wildman–Crippen LogP) is -0.444. The topological polar surface area (TPSA) is 166 Å². The van der Waals surface area contributed by atoms with Crippen LogP contribution in [0.5, 0.6) is 0 Å². The van der Waals surface area contributed by atoms with Crippen LogP contribution in [-0.2, 0) is 13.8 Å². The molecule has 0 unspecified atom stereocenters. The summed E-state index contributed by atoms with van der Waals surface area (Å²) in [6.45, 7) is -0.425. The van der Waals surface area contributed by atoms with Crippen molar-refractivity contribution in [3.63, 3.8) is 0 Å². The second-order valence-corrected chi connectivity index (χ2v) is 6.38. The number of aliphatic hydroxyl groups excluding tert-OH is 1. The fourth-order valence-corrected chi connectivity index (χ4v) is 2.81. The molecule has 23 heavy (non-hydrogen) atoms. The molecule has 3 rings (SSSR count). The van der Waals surface area contributed by atoms with Crippen molar-refractivity contribution in [1.29, 1.82) is 0 Å². The Balaban J connectivity index is 1.80. The van der Waals surface area contributed by atoms with Crippen molar-refractivity contribution in [1.82, 2.24) is 19.5 Å². The molecule has 12 heteroatoms. The monoisotopic (exact) mass is 345 g/mol. The zero-order valence-corrected chi connectivity index (χ0v) is 12.8. The number of nitrogens with zero attached hydrogens (tertiary/aromatic N) is 4. The molecule has 0 aromatic carbocycles. The third-order valence-corrected chi connectivity index (χ3v) is 4.06. The van der Waals surface area contributed by atoms with E-state index >= 15 is 0 Å². The molecule has 0 spiro atoms. The van der Waals surface area contributed by atoms with E-state index in [4.69, 9.17) is 20.3 Å². The van der Waals surface area contributed by atoms with E-state index in [0.717, 1.165) is 0 Å². The molecule has 0 bridgehead atoms. The molecule has 2 aromatic heterocycles. The van der Waals surface area contributed by atoms with E-state index in [2.05, 4.69) is 19.5 Å². The SMILES string of the molecule is Nc1ncnc2c1ncn2[C@H]1CC[C@H](O)[C@@H](COP(=O)(O)O)O1. The van der Waals surface area contributed by atoms with E-state index in [1.165, 1.54) is 12.7 Å². The lowest BCUT2D eigenvalue weighted by Gasteiger charge is -2.34. The van der Waals surface area contributed by atoms with Crippen LogP contribution in [0.1, 0.15) is 19.1 Å². The van der Waals surface area contributed by atoms with Crippen LogP contribution in [0.15, 0.2) is 12.7 Å². The Morgan fingerprint density at radius 1 is 1.39 bits per heavy atom. The number of rotatable bonds is 4. The maximum absolute atomic E-state index is 10.8. The van der Waals surface area contributed by atoms with Gasteiger partial charge in [-0.05, 0) is 12.8 Å². The molecular formula is C11H16N5O6P. The van der Waals surface area contributed by atoms with Crippen molar-refractivity contribution in [3.8, 4) is 0 Å². The van der Waals surface area contributed by atoms with Gasteiger partial charge in [-0.25, -0.2) is 19.5 Å². The first-order valence-corrected chi connectivity index (χ1v) is 8.35. The number of phosphoric ester groups is 1. The quantitative estimate of drug-likeness (QED) is 0.533. The summed E-state index contributed by atoms with van der Waals surface area (Å²) in [5, 5.41) is 9.91. The number of aliphatic hydroxyl groups is 1. The molecule has 3 atom stereocenters. The smallest absolute Gasteiger partial charge is 0.390 e. The second-order valence-electron chi connectivity index (χ2n) is 5.14. The maximum Gasteiger partial charge on any atom is 0.469 e. The lowest BCUT2D eigenvalue weighted by Crippen LogP contribution is -2.40. The first kappa shape index (κ1) is 16.2. The average molecular weight is 345 g/mol. The molecule has 126 valence electrons. The second kappa shape index (κ2) is 6.11. The minimum absolute atomic E-state index is 0.242. The lowest BCUT2D eigenvalue weighted by molar-refractivity contribution is -0.156. The Bertz CT molecular complexity index is 748. The van der Waals surface area contributed by atoms with Gasteiger partial charge in [0.2, 0.25) is 0 Å². The summed E-state index contributed by atoms with van der Waals surface area (Å²) in [5.41, 5.74) is 6.65. The van der Waals surface area contributed by atoms with Crippen molar-refractivity contribution in [2.24, 2.45) is 0 Å². The predicted molar refractivity (Wildman–Crippen MR) is 76.9 cm³/mol. The molecule has 1 fully saturated rings. The van der Waals surface area contributed by atoms with Crippen LogP contribution in [0, 0.1) is 0 Å². The van der Waals surface area contributed by atoms with Gasteiger partial charge in [0.1, 0.15) is 24.2 Å². The summed E-state index contributed by atoms with van der Waals surface area (Å²) in [6.07, 6.45) is 1.39. The Hall–Kier alpha value is -1.62. The highest BCUT2D eigenvalue weighted by atomic mass is 31.2. The van der Waals surface area contributed by atoms with Gasteiger partial charge in [0, 0.05) is 0 Å². The van der Waals surface area contributed by atoms with Gasteiger partial charge < -0.3 is 25.4 Å². The van der Waals surface area contributed by atoms with Crippen molar-refractivity contribution >= 4 is 24.8 Å². The molecular weight excluding hydrogens is 329 g/mol. The van der Waals surface area contributed by atoms with Crippen LogP contribution in [0.2, 0.25) is 0 Å². The molecule has 1 aliphatic heterocycles. The van der Waals surface area contributed by atoms with Crippen LogP contribution >= 0.6 is 7.82 Å². The van der Waals surface area contributed by atoms with Crippen LogP contribution in [0.3, 0.4) is 0 Å². The van der Waals surface area contributed by atoms with E-state index in [0.29, 0.717) is 24.0 Å². The number of aromatic nitrogens is 4. The van der Waals surface area contributed by atoms with Crippen LogP contribution in [0.25, 0.3) is 11.2 Å². The molecule has 11 nitrogen and oxygen atoms in total. The minimum atomic E-state index is -4.63. The van der Waals surface area contributed by atoms with Crippen molar-refractivity contribution in [3.05, 3.63) is 12.7 Å². The maximum atomic E-state index is 10.8. The Kier molecular flexibility index (Phi) is 4.32. The fraction of sp³-hybridized carbons (Fsp3) is 0.545. The van der Waals surface area contributed by atoms with Crippen molar-refractivity contribution in [2.45, 2.75) is 31.3 Å². The van der Waals surface area contributed by atoms with Gasteiger partial charge in [-0.1, -0.05) is 0 Å². The molecule has 2 aromatic rings. The third kappa shape index (κ3) is 3.50. The summed E-state index contributed by atoms with van der Waals surface area (Å²) in [7, 11) is -4.63. The van der Waals surface area contributed by atoms with Crippen LogP contribution in [-0.4, -0.2) is 53.2 Å². The largest absolute Gasteiger partial charge is 0.469 e. The van der Waals surface area contributed by atoms with E-state index in [9.17, 15) is 9.67 Å². The molecule has 0 saturated carbocycles. The highest BCUT2D eigenvalue weighted by Gasteiger charge is 2.33. The van der Waals surface area contributed by atoms with Gasteiger partial charge in [0.15, 0.2) is 11.5 Å². The van der Waals surface area contributed by atoms with Gasteiger partial charge in [-0.3, -0.25) is 9.09 Å². The highest BCUT2D eigenvalue weighted by molar-refractivity contribution is 7.46. The van der Waals surface area contributed by atoms with Gasteiger partial charge in [0.25, 0.3) is 0 Å². The summed E-state index contributed by atoms with van der Waals surface area (Å²) >= 11 is 0. The number of imidazole rings is 1. The van der Waals surface area contributed by atoms with Crippen molar-refractivity contribution in [2.75, 3.05) is 12.3 Å². The van der Waals surface area contributed by atoms with Crippen molar-refractivity contribution < 1.29 is 28.7 Å². The fourth-order valence-electron chi connectivity index (χ4n) is 2.47. The first-order chi connectivity index (χ1) is 10.8. The zero-order chi connectivity index (χ0) is 16.6. The molecule has 5 N–H and O–H groups in total. The molecule has 1 aliphatic rings. The van der Waals surface area contributed by atoms with Gasteiger partial charge in [0.05, 0.1) is 19.0 Å². The van der Waals surface area contributed by atoms with Gasteiger partial charge in [-0.2, -0.15) is 0 Å². The summed E-state index contributed by atoms with van der Waals surface area (Å²) in [5.74, 6) is 0.242. The highest BCUT2D eigenvalue weighted by Crippen LogP contribution is 2.38. The number of anilines is 1. The minimum Gasteiger partial charge on any atom is -0.390 e. The Morgan fingerprint density at radius 2 is 2.17 bits per heavy atom. The van der Waals surface area contributed by atoms with Crippen LogP contribution in [0.4, 0.5) is 5.82 Å². The molecule has 3 heterocycles. The number of ether oxygens (including phenoxy) is 1. The number of nitrogens with two attached hydrogens (primary N) is 1. The van der Waals surface area contributed by atoms with Gasteiger partial charge >= 0.3 is 7.82 Å². The molecule has 0 radical (unpaired) electrons. The van der Waals surface area contributed by atoms with Crippen LogP contribution < -0.4 is 5.73 Å². The number of fused-ring (bicyclic) bond motifs is 1. The van der Waals surface area contributed by atoms with Gasteiger partial charge in [-0.15, -0.1) is 0 Å². The first-order valence-electron chi connectivity index (χ1n) is 6.82. The van der Waals surface area contributed by atoms with E-state index in [1.807, 2.05) is 0 Å². The summed E-state index contributed by atoms with van der Waals surface area (Å²) < 4.78 is 22.5. The van der Waals surface area contributed by atoms with E-state index in [-0.39, 0.29) is 5.82 Å². The number of nitrogen functional groups attached to an aromatic ring is 1. The standard InChI is InChI=1S/C11H16N5O6P/c12-10-9-11(14-4-13-10)16(5-15-9)8-2-1-6(17)7(22-8)3-21-23(18,19)20/h4-8,17H,1-3H2,(H2,12,13,14)(H2,18,19,20)/t6-,7+,8+/m0/s1. The zero-order valence-electron chi connectivity index (χ0n) is 11.9. The Morgan fingerprint density at radius 3 is 2.91 bits per heavy atom. The number of hydrogen-bond acceptors (Lipinski definition) is 8. The molecule has 0 amide bonds. The lowest BCUT2D eigenvalue weighted by atomic mass is 10.0. The average Bonchev–Trinajstić information content (AvgIpc) is 2.91. The number of hydrogen-bond donors (Lipinski definition) is 4. The summed E-state index contributed by atoms with van der Waals surface area (Å²) in [6, 6.07) is 0. The summed E-state index contributed by atoms with van der Waals surface area (Å²) in [4.78, 5) is 29.6. The third-order valence-electron chi connectivity index (χ3n) is 3.57. The molecule has 0 aliphatic carbocycles. The normalized spacial score (nSPS) is 25.8. The Labute approximate surface area is 130 Å².